The van der Waals surface area contributed by atoms with Crippen LogP contribution in [0.15, 0.2) is 29.3 Å². The Morgan fingerprint density at radius 2 is 1.90 bits per heavy atom. The normalized spacial score (nSPS) is 17.0. The van der Waals surface area contributed by atoms with Crippen molar-refractivity contribution < 1.29 is 9.47 Å². The van der Waals surface area contributed by atoms with Gasteiger partial charge in [0.2, 0.25) is 0 Å². The molecule has 0 bridgehead atoms. The van der Waals surface area contributed by atoms with Crippen molar-refractivity contribution in [2.24, 2.45) is 4.99 Å². The minimum atomic E-state index is 0.305. The Labute approximate surface area is 177 Å². The summed E-state index contributed by atoms with van der Waals surface area (Å²) >= 11 is 0. The van der Waals surface area contributed by atoms with E-state index in [1.165, 1.54) is 11.1 Å². The van der Waals surface area contributed by atoms with Gasteiger partial charge in [-0.25, -0.2) is 0 Å². The molecule has 0 amide bonds. The van der Waals surface area contributed by atoms with Crippen LogP contribution in [0.1, 0.15) is 43.4 Å². The molecule has 1 aliphatic rings. The van der Waals surface area contributed by atoms with Gasteiger partial charge in [0.1, 0.15) is 0 Å². The number of hydrogen-bond donors (Lipinski definition) is 1. The molecule has 1 aliphatic heterocycles. The second kappa shape index (κ2) is 12.8. The van der Waals surface area contributed by atoms with E-state index in [0.29, 0.717) is 12.1 Å². The van der Waals surface area contributed by atoms with Gasteiger partial charge in [0.05, 0.1) is 12.1 Å². The Morgan fingerprint density at radius 3 is 2.45 bits per heavy atom. The number of rotatable bonds is 10. The number of hydrogen-bond acceptors (Lipinski definition) is 4. The molecule has 164 valence electrons. The highest BCUT2D eigenvalue weighted by Crippen LogP contribution is 2.19. The molecule has 1 saturated heterocycles. The second-order valence-corrected chi connectivity index (χ2v) is 7.91. The van der Waals surface area contributed by atoms with Gasteiger partial charge in [0.25, 0.3) is 0 Å². The number of guanidine groups is 1. The van der Waals surface area contributed by atoms with E-state index in [9.17, 15) is 0 Å². The quantitative estimate of drug-likeness (QED) is 0.369. The van der Waals surface area contributed by atoms with E-state index in [0.717, 1.165) is 64.5 Å². The molecule has 1 fully saturated rings. The fourth-order valence-corrected chi connectivity index (χ4v) is 3.78. The van der Waals surface area contributed by atoms with Gasteiger partial charge in [-0.2, -0.15) is 0 Å². The van der Waals surface area contributed by atoms with Crippen LogP contribution < -0.4 is 5.32 Å². The topological polar surface area (TPSA) is 49.3 Å². The SMILES string of the molecule is CCc1ccc(C(CNC(=NC)N2CCC(OCCCOC)CC2)N(C)C)cc1. The van der Waals surface area contributed by atoms with Crippen LogP contribution in [0.5, 0.6) is 0 Å². The average molecular weight is 405 g/mol. The summed E-state index contributed by atoms with van der Waals surface area (Å²) in [6.07, 6.45) is 4.48. The molecule has 29 heavy (non-hydrogen) atoms. The summed E-state index contributed by atoms with van der Waals surface area (Å²) in [6, 6.07) is 9.27. The van der Waals surface area contributed by atoms with E-state index in [-0.39, 0.29) is 0 Å². The minimum absolute atomic E-state index is 0.305. The third-order valence-corrected chi connectivity index (χ3v) is 5.65. The van der Waals surface area contributed by atoms with Gasteiger partial charge in [0, 0.05) is 47.0 Å². The molecule has 0 spiro atoms. The Bertz CT molecular complexity index is 595. The van der Waals surface area contributed by atoms with E-state index in [1.807, 2.05) is 7.05 Å². The third kappa shape index (κ3) is 7.61. The molecule has 1 aromatic rings. The van der Waals surface area contributed by atoms with Crippen LogP contribution in [0.3, 0.4) is 0 Å². The zero-order chi connectivity index (χ0) is 21.1. The summed E-state index contributed by atoms with van der Waals surface area (Å²) < 4.78 is 11.1. The average Bonchev–Trinajstić information content (AvgIpc) is 2.75. The van der Waals surface area contributed by atoms with Gasteiger partial charge >= 0.3 is 0 Å². The lowest BCUT2D eigenvalue weighted by atomic mass is 10.0. The van der Waals surface area contributed by atoms with Crippen molar-refractivity contribution in [2.75, 3.05) is 61.1 Å². The monoisotopic (exact) mass is 404 g/mol. The van der Waals surface area contributed by atoms with Crippen molar-refractivity contribution in [2.45, 2.75) is 44.8 Å². The van der Waals surface area contributed by atoms with Crippen LogP contribution in [-0.4, -0.2) is 83.0 Å². The lowest BCUT2D eigenvalue weighted by Crippen LogP contribution is -2.48. The summed E-state index contributed by atoms with van der Waals surface area (Å²) in [5, 5.41) is 3.60. The van der Waals surface area contributed by atoms with Crippen LogP contribution in [0.4, 0.5) is 0 Å². The number of aryl methyl sites for hydroxylation is 1. The Hall–Kier alpha value is -1.63. The predicted molar refractivity (Wildman–Crippen MR) is 121 cm³/mol. The molecule has 0 radical (unpaired) electrons. The van der Waals surface area contributed by atoms with E-state index in [2.05, 4.69) is 65.4 Å². The number of piperidine rings is 1. The second-order valence-electron chi connectivity index (χ2n) is 7.91. The van der Waals surface area contributed by atoms with Crippen molar-refractivity contribution in [3.05, 3.63) is 35.4 Å². The minimum Gasteiger partial charge on any atom is -0.385 e. The number of methoxy groups -OCH3 is 1. The lowest BCUT2D eigenvalue weighted by molar-refractivity contribution is 0.00987. The number of nitrogens with one attached hydrogen (secondary N) is 1. The third-order valence-electron chi connectivity index (χ3n) is 5.65. The van der Waals surface area contributed by atoms with E-state index < -0.39 is 0 Å². The first kappa shape index (κ1) is 23.6. The summed E-state index contributed by atoms with van der Waals surface area (Å²) in [6.45, 7) is 6.53. The van der Waals surface area contributed by atoms with Crippen molar-refractivity contribution in [1.82, 2.24) is 15.1 Å². The molecule has 1 N–H and O–H groups in total. The summed E-state index contributed by atoms with van der Waals surface area (Å²) in [4.78, 5) is 9.15. The fraction of sp³-hybridized carbons (Fsp3) is 0.696. The number of benzene rings is 1. The van der Waals surface area contributed by atoms with Crippen molar-refractivity contribution in [3.8, 4) is 0 Å². The first-order valence-corrected chi connectivity index (χ1v) is 10.9. The largest absolute Gasteiger partial charge is 0.385 e. The van der Waals surface area contributed by atoms with Crippen LogP contribution in [0.2, 0.25) is 0 Å². The summed E-state index contributed by atoms with van der Waals surface area (Å²) in [5.41, 5.74) is 2.71. The van der Waals surface area contributed by atoms with Crippen molar-refractivity contribution in [1.29, 1.82) is 0 Å². The standard InChI is InChI=1S/C23H40N4O2/c1-6-19-8-10-20(11-9-19)22(26(3)4)18-25-23(24-2)27-14-12-21(13-15-27)29-17-7-16-28-5/h8-11,21-22H,6-7,12-18H2,1-5H3,(H,24,25). The van der Waals surface area contributed by atoms with Gasteiger partial charge in [-0.3, -0.25) is 4.99 Å². The van der Waals surface area contributed by atoms with Crippen LogP contribution in [-0.2, 0) is 15.9 Å². The molecule has 6 heteroatoms. The zero-order valence-corrected chi connectivity index (χ0v) is 19.0. The van der Waals surface area contributed by atoms with Gasteiger partial charge < -0.3 is 24.6 Å². The van der Waals surface area contributed by atoms with E-state index >= 15 is 0 Å². The zero-order valence-electron chi connectivity index (χ0n) is 19.0. The molecule has 1 heterocycles. The summed E-state index contributed by atoms with van der Waals surface area (Å²) in [5.74, 6) is 0.986. The molecule has 6 nitrogen and oxygen atoms in total. The highest BCUT2D eigenvalue weighted by atomic mass is 16.5. The smallest absolute Gasteiger partial charge is 0.193 e. The first-order chi connectivity index (χ1) is 14.1. The molecule has 2 rings (SSSR count). The fourth-order valence-electron chi connectivity index (χ4n) is 3.78. The predicted octanol–water partition coefficient (Wildman–Crippen LogP) is 2.94. The van der Waals surface area contributed by atoms with E-state index in [1.54, 1.807) is 7.11 Å². The van der Waals surface area contributed by atoms with Crippen molar-refractivity contribution in [3.63, 3.8) is 0 Å². The van der Waals surface area contributed by atoms with Gasteiger partial charge in [-0.1, -0.05) is 31.2 Å². The highest BCUT2D eigenvalue weighted by Gasteiger charge is 2.23. The number of nitrogens with zero attached hydrogens (tertiary/aromatic N) is 3. The Balaban J connectivity index is 1.84. The number of likely N-dealkylation sites (N-methyl/N-ethyl adjacent to an activating group) is 1. The number of ether oxygens (including phenoxy) is 2. The van der Waals surface area contributed by atoms with Crippen molar-refractivity contribution >= 4 is 5.96 Å². The molecule has 0 saturated carbocycles. The molecule has 1 unspecified atom stereocenters. The maximum Gasteiger partial charge on any atom is 0.193 e. The molecule has 0 aromatic heterocycles. The van der Waals surface area contributed by atoms with Gasteiger partial charge in [-0.15, -0.1) is 0 Å². The maximum atomic E-state index is 5.98. The number of aliphatic imine (C=N–C) groups is 1. The molecular formula is C23H40N4O2. The van der Waals surface area contributed by atoms with Gasteiger partial charge in [-0.05, 0) is 50.9 Å². The Kier molecular flexibility index (Phi) is 10.5. The number of likely N-dealkylation sites (tertiary alicyclic amines) is 1. The first-order valence-electron chi connectivity index (χ1n) is 10.9. The molecular weight excluding hydrogens is 364 g/mol. The van der Waals surface area contributed by atoms with Crippen LogP contribution in [0.25, 0.3) is 0 Å². The van der Waals surface area contributed by atoms with E-state index in [4.69, 9.17) is 9.47 Å². The maximum absolute atomic E-state index is 5.98. The Morgan fingerprint density at radius 1 is 1.21 bits per heavy atom. The molecule has 1 aromatic carbocycles. The lowest BCUT2D eigenvalue weighted by Gasteiger charge is -2.35. The van der Waals surface area contributed by atoms with Gasteiger partial charge in [0.15, 0.2) is 5.96 Å². The van der Waals surface area contributed by atoms with Crippen LogP contribution in [0, 0.1) is 0 Å². The van der Waals surface area contributed by atoms with Crippen LogP contribution >= 0.6 is 0 Å². The highest BCUT2D eigenvalue weighted by molar-refractivity contribution is 5.80. The molecule has 1 atom stereocenters. The summed E-state index contributed by atoms with van der Waals surface area (Å²) in [7, 11) is 7.87. The molecule has 0 aliphatic carbocycles.